The number of fused-ring (bicyclic) bond motifs is 1. The minimum absolute atomic E-state index is 0.0475. The fraction of sp³-hybridized carbons (Fsp3) is 0.611. The molecule has 3 atom stereocenters. The molecule has 21 heavy (non-hydrogen) atoms. The van der Waals surface area contributed by atoms with E-state index in [2.05, 4.69) is 17.0 Å². The summed E-state index contributed by atoms with van der Waals surface area (Å²) in [5.41, 5.74) is 7.05. The van der Waals surface area contributed by atoms with E-state index in [0.29, 0.717) is 5.84 Å². The summed E-state index contributed by atoms with van der Waals surface area (Å²) in [5.74, 6) is 2.19. The molecule has 1 aromatic rings. The lowest BCUT2D eigenvalue weighted by Crippen LogP contribution is -2.44. The first kappa shape index (κ1) is 14.6. The average Bonchev–Trinajstić information content (AvgIpc) is 2.53. The van der Waals surface area contributed by atoms with Crippen LogP contribution in [0, 0.1) is 17.2 Å². The molecule has 0 radical (unpaired) electrons. The van der Waals surface area contributed by atoms with Crippen LogP contribution in [0.15, 0.2) is 30.3 Å². The molecule has 1 aliphatic heterocycles. The van der Waals surface area contributed by atoms with Gasteiger partial charge in [-0.05, 0) is 36.8 Å². The molecule has 1 heterocycles. The van der Waals surface area contributed by atoms with Gasteiger partial charge in [0.15, 0.2) is 0 Å². The molecule has 1 aromatic carbocycles. The third kappa shape index (κ3) is 3.46. The van der Waals surface area contributed by atoms with Crippen molar-refractivity contribution in [2.45, 2.75) is 38.0 Å². The molecule has 3 rings (SSSR count). The molecule has 0 aromatic heterocycles. The van der Waals surface area contributed by atoms with Gasteiger partial charge in [-0.15, -0.1) is 0 Å². The predicted octanol–water partition coefficient (Wildman–Crippen LogP) is 3.22. The van der Waals surface area contributed by atoms with Crippen LogP contribution in [0.1, 0.15) is 43.6 Å². The number of nitrogens with zero attached hydrogens (tertiary/aromatic N) is 1. The van der Waals surface area contributed by atoms with Gasteiger partial charge in [0, 0.05) is 13.1 Å². The molecular weight excluding hydrogens is 258 g/mol. The highest BCUT2D eigenvalue weighted by molar-refractivity contribution is 5.84. The lowest BCUT2D eigenvalue weighted by molar-refractivity contribution is 0.0861. The molecule has 1 saturated carbocycles. The van der Waals surface area contributed by atoms with Gasteiger partial charge in [0.1, 0.15) is 0 Å². The maximum Gasteiger partial charge on any atom is 0.0995 e. The second kappa shape index (κ2) is 6.61. The van der Waals surface area contributed by atoms with Crippen LogP contribution in [-0.4, -0.2) is 30.4 Å². The van der Waals surface area contributed by atoms with Gasteiger partial charge in [-0.3, -0.25) is 5.41 Å². The number of amidine groups is 1. The van der Waals surface area contributed by atoms with E-state index >= 15 is 0 Å². The minimum Gasteiger partial charge on any atom is -0.387 e. The van der Waals surface area contributed by atoms with Crippen LogP contribution in [0.3, 0.4) is 0 Å². The molecule has 3 nitrogen and oxygen atoms in total. The fourth-order valence-electron chi connectivity index (χ4n) is 4.17. The van der Waals surface area contributed by atoms with Gasteiger partial charge in [0.25, 0.3) is 0 Å². The highest BCUT2D eigenvalue weighted by atomic mass is 15.1. The Hall–Kier alpha value is -1.35. The molecule has 1 aliphatic carbocycles. The van der Waals surface area contributed by atoms with Crippen molar-refractivity contribution >= 4 is 5.84 Å². The van der Waals surface area contributed by atoms with E-state index in [0.717, 1.165) is 18.4 Å². The van der Waals surface area contributed by atoms with Crippen LogP contribution in [0.5, 0.6) is 0 Å². The zero-order chi connectivity index (χ0) is 14.7. The monoisotopic (exact) mass is 285 g/mol. The zero-order valence-electron chi connectivity index (χ0n) is 12.8. The Kier molecular flexibility index (Phi) is 4.59. The molecule has 2 fully saturated rings. The number of likely N-dealkylation sites (tertiary alicyclic amines) is 1. The van der Waals surface area contributed by atoms with E-state index in [1.54, 1.807) is 0 Å². The van der Waals surface area contributed by atoms with Crippen molar-refractivity contribution in [3.8, 4) is 0 Å². The Morgan fingerprint density at radius 2 is 1.86 bits per heavy atom. The maximum atomic E-state index is 7.94. The third-order valence-electron chi connectivity index (χ3n) is 5.39. The summed E-state index contributed by atoms with van der Waals surface area (Å²) in [6.07, 6.45) is 7.01. The van der Waals surface area contributed by atoms with Gasteiger partial charge in [-0.2, -0.15) is 0 Å². The van der Waals surface area contributed by atoms with Gasteiger partial charge in [-0.25, -0.2) is 0 Å². The average molecular weight is 285 g/mol. The second-order valence-corrected chi connectivity index (χ2v) is 6.77. The Labute approximate surface area is 128 Å². The lowest BCUT2D eigenvalue weighted by Gasteiger charge is -2.42. The zero-order valence-corrected chi connectivity index (χ0v) is 12.8. The predicted molar refractivity (Wildman–Crippen MR) is 87.6 cm³/mol. The first-order valence-electron chi connectivity index (χ1n) is 8.35. The smallest absolute Gasteiger partial charge is 0.0995 e. The van der Waals surface area contributed by atoms with Gasteiger partial charge in [0.05, 0.1) is 11.8 Å². The molecule has 114 valence electrons. The number of nitrogens with one attached hydrogen (secondary N) is 1. The van der Waals surface area contributed by atoms with Crippen molar-refractivity contribution in [1.29, 1.82) is 5.41 Å². The highest BCUT2D eigenvalue weighted by Crippen LogP contribution is 2.36. The van der Waals surface area contributed by atoms with Gasteiger partial charge < -0.3 is 10.6 Å². The highest BCUT2D eigenvalue weighted by Gasteiger charge is 2.32. The maximum absolute atomic E-state index is 7.94. The standard InChI is InChI=1S/C18H27N3/c19-18(20)17(15-7-2-1-3-8-15)13-21-11-10-14-6-4-5-9-16(14)12-21/h1-3,7-8,14,16-17H,4-6,9-13H2,(H3,19,20). The Balaban J connectivity index is 1.65. The molecule has 2 aliphatic rings. The van der Waals surface area contributed by atoms with Crippen LogP contribution in [0.25, 0.3) is 0 Å². The van der Waals surface area contributed by atoms with E-state index in [1.165, 1.54) is 50.8 Å². The summed E-state index contributed by atoms with van der Waals surface area (Å²) in [6, 6.07) is 10.3. The van der Waals surface area contributed by atoms with Crippen molar-refractivity contribution in [2.24, 2.45) is 17.6 Å². The van der Waals surface area contributed by atoms with E-state index in [-0.39, 0.29) is 5.92 Å². The van der Waals surface area contributed by atoms with Gasteiger partial charge >= 0.3 is 0 Å². The first-order chi connectivity index (χ1) is 10.2. The summed E-state index contributed by atoms with van der Waals surface area (Å²) in [6.45, 7) is 3.29. The SMILES string of the molecule is N=C(N)C(CN1CCC2CCCCC2C1)c1ccccc1. The van der Waals surface area contributed by atoms with Crippen LogP contribution in [-0.2, 0) is 0 Å². The summed E-state index contributed by atoms with van der Waals surface area (Å²) >= 11 is 0. The number of hydrogen-bond acceptors (Lipinski definition) is 2. The van der Waals surface area contributed by atoms with Crippen LogP contribution in [0.2, 0.25) is 0 Å². The van der Waals surface area contributed by atoms with Crippen molar-refractivity contribution in [2.75, 3.05) is 19.6 Å². The molecule has 0 amide bonds. The summed E-state index contributed by atoms with van der Waals surface area (Å²) < 4.78 is 0. The van der Waals surface area contributed by atoms with Crippen molar-refractivity contribution in [3.63, 3.8) is 0 Å². The molecule has 0 bridgehead atoms. The van der Waals surface area contributed by atoms with Crippen molar-refractivity contribution < 1.29 is 0 Å². The number of hydrogen-bond donors (Lipinski definition) is 2. The van der Waals surface area contributed by atoms with E-state index < -0.39 is 0 Å². The molecule has 3 N–H and O–H groups in total. The van der Waals surface area contributed by atoms with Gasteiger partial charge in [-0.1, -0.05) is 49.6 Å². The normalized spacial score (nSPS) is 27.8. The summed E-state index contributed by atoms with van der Waals surface area (Å²) in [7, 11) is 0. The quantitative estimate of drug-likeness (QED) is 0.659. The molecule has 0 spiro atoms. The lowest BCUT2D eigenvalue weighted by atomic mass is 9.75. The summed E-state index contributed by atoms with van der Waals surface area (Å²) in [4.78, 5) is 2.55. The van der Waals surface area contributed by atoms with Crippen LogP contribution >= 0.6 is 0 Å². The Morgan fingerprint density at radius 3 is 2.57 bits per heavy atom. The van der Waals surface area contributed by atoms with Crippen molar-refractivity contribution in [1.82, 2.24) is 4.90 Å². The molecule has 3 unspecified atom stereocenters. The number of benzene rings is 1. The largest absolute Gasteiger partial charge is 0.387 e. The Bertz CT molecular complexity index is 471. The molecular formula is C18H27N3. The molecule has 3 heteroatoms. The van der Waals surface area contributed by atoms with Crippen LogP contribution < -0.4 is 5.73 Å². The second-order valence-electron chi connectivity index (χ2n) is 6.77. The van der Waals surface area contributed by atoms with E-state index in [1.807, 2.05) is 18.2 Å². The number of nitrogens with two attached hydrogens (primary N) is 1. The number of rotatable bonds is 4. The third-order valence-corrected chi connectivity index (χ3v) is 5.39. The molecule has 1 saturated heterocycles. The van der Waals surface area contributed by atoms with E-state index in [4.69, 9.17) is 11.1 Å². The fourth-order valence-corrected chi connectivity index (χ4v) is 4.17. The van der Waals surface area contributed by atoms with Gasteiger partial charge in [0.2, 0.25) is 0 Å². The summed E-state index contributed by atoms with van der Waals surface area (Å²) in [5, 5.41) is 7.94. The minimum atomic E-state index is 0.0475. The Morgan fingerprint density at radius 1 is 1.14 bits per heavy atom. The number of piperidine rings is 1. The van der Waals surface area contributed by atoms with Crippen LogP contribution in [0.4, 0.5) is 0 Å². The van der Waals surface area contributed by atoms with E-state index in [9.17, 15) is 0 Å². The first-order valence-corrected chi connectivity index (χ1v) is 8.35. The van der Waals surface area contributed by atoms with Crippen molar-refractivity contribution in [3.05, 3.63) is 35.9 Å². The topological polar surface area (TPSA) is 53.1 Å².